The number of piperazine rings is 1. The highest BCUT2D eigenvalue weighted by Crippen LogP contribution is 2.30. The van der Waals surface area contributed by atoms with Gasteiger partial charge in [0.25, 0.3) is 5.91 Å². The highest BCUT2D eigenvalue weighted by atomic mass is 16.5. The van der Waals surface area contributed by atoms with E-state index in [1.54, 1.807) is 6.07 Å². The summed E-state index contributed by atoms with van der Waals surface area (Å²) in [6.45, 7) is 0.0301. The van der Waals surface area contributed by atoms with Gasteiger partial charge in [-0.3, -0.25) is 26.0 Å². The number of carboxylic acid groups (broad SMARTS) is 2. The molecule has 2 amide bonds. The number of hydrogen-bond donors (Lipinski definition) is 6. The monoisotopic (exact) mass is 506 g/mol. The van der Waals surface area contributed by atoms with Crippen LogP contribution in [0.4, 0.5) is 0 Å². The molecule has 14 heteroatoms. The fraction of sp³-hybridized carbons (Fsp3) is 0.409. The lowest BCUT2D eigenvalue weighted by Gasteiger charge is -2.29. The second kappa shape index (κ2) is 12.4. The zero-order valence-corrected chi connectivity index (χ0v) is 19.5. The number of hydrogen-bond acceptors (Lipinski definition) is 9. The number of rotatable bonds is 13. The molecule has 1 aliphatic heterocycles. The minimum atomic E-state index is -2.68. The zero-order valence-electron chi connectivity index (χ0n) is 19.5. The van der Waals surface area contributed by atoms with Crippen molar-refractivity contribution in [3.8, 4) is 11.5 Å². The van der Waals surface area contributed by atoms with E-state index in [1.165, 1.54) is 25.3 Å². The Hall–Kier alpha value is -4.33. The van der Waals surface area contributed by atoms with Gasteiger partial charge in [-0.05, 0) is 36.6 Å². The number of carbonyl (C=O) groups excluding carboxylic acids is 4. The molecule has 0 aromatic heterocycles. The van der Waals surface area contributed by atoms with Crippen molar-refractivity contribution in [2.75, 3.05) is 20.3 Å². The van der Waals surface area contributed by atoms with Crippen molar-refractivity contribution in [1.29, 1.82) is 0 Å². The first kappa shape index (κ1) is 27.9. The standard InChI is InChI=1S/C22H29N5O9/c1-35-15-5-4-12(10-16(15)36-8-6-22(34,20(32)33)11-17(28)29)9-14-19(31)26-13(18(30)27-14)3-2-7-25-21(23)24/h4-5,9-10,13,34H,2-3,6-8,11H2,1H3,(H,26,31)(H,27,30)(H,28,29)(H,32,33)(H4,23,24,25)/p-1/b14-9-/t13-,22-/m0/s1. The first-order valence-corrected chi connectivity index (χ1v) is 10.8. The quantitative estimate of drug-likeness (QED) is 0.0636. The number of methoxy groups -OCH3 is 1. The average molecular weight is 506 g/mol. The molecule has 36 heavy (non-hydrogen) atoms. The lowest BCUT2D eigenvalue weighted by molar-refractivity contribution is -0.459. The number of benzene rings is 1. The maximum absolute atomic E-state index is 12.5. The first-order chi connectivity index (χ1) is 16.9. The fourth-order valence-corrected chi connectivity index (χ4v) is 3.32. The molecule has 1 aromatic carbocycles. The van der Waals surface area contributed by atoms with Gasteiger partial charge in [0.15, 0.2) is 11.5 Å². The maximum atomic E-state index is 12.5. The molecule has 1 saturated heterocycles. The highest BCUT2D eigenvalue weighted by molar-refractivity contribution is 6.07. The Kier molecular flexibility index (Phi) is 9.61. The number of carboxylic acids is 2. The molecule has 1 heterocycles. The third kappa shape index (κ3) is 7.87. The summed E-state index contributed by atoms with van der Waals surface area (Å²) in [5.41, 5.74) is 8.35. The van der Waals surface area contributed by atoms with E-state index in [-0.39, 0.29) is 23.2 Å². The molecule has 0 unspecified atom stereocenters. The van der Waals surface area contributed by atoms with Gasteiger partial charge in [0.05, 0.1) is 26.2 Å². The van der Waals surface area contributed by atoms with Crippen molar-refractivity contribution in [1.82, 2.24) is 10.6 Å². The van der Waals surface area contributed by atoms with Crippen LogP contribution in [0.5, 0.6) is 11.5 Å². The highest BCUT2D eigenvalue weighted by Gasteiger charge is 2.30. The second-order valence-electron chi connectivity index (χ2n) is 7.97. The van der Waals surface area contributed by atoms with Gasteiger partial charge >= 0.3 is 5.96 Å². The number of amides is 2. The van der Waals surface area contributed by atoms with Crippen molar-refractivity contribution < 1.29 is 49.0 Å². The van der Waals surface area contributed by atoms with Crippen LogP contribution in [0.1, 0.15) is 31.2 Å². The van der Waals surface area contributed by atoms with Gasteiger partial charge in [-0.2, -0.15) is 0 Å². The van der Waals surface area contributed by atoms with Crippen LogP contribution in [-0.4, -0.2) is 66.7 Å². The van der Waals surface area contributed by atoms with E-state index in [0.29, 0.717) is 24.9 Å². The van der Waals surface area contributed by atoms with Crippen molar-refractivity contribution >= 4 is 35.8 Å². The van der Waals surface area contributed by atoms with Gasteiger partial charge < -0.3 is 45.0 Å². The lowest BCUT2D eigenvalue weighted by Crippen LogP contribution is -2.78. The Morgan fingerprint density at radius 2 is 1.97 bits per heavy atom. The van der Waals surface area contributed by atoms with E-state index in [9.17, 15) is 34.5 Å². The molecular formula is C22H28N5O9-. The number of guanidine groups is 1. The molecule has 0 aliphatic carbocycles. The molecule has 0 bridgehead atoms. The molecule has 0 spiro atoms. The lowest BCUT2D eigenvalue weighted by atomic mass is 9.96. The fourth-order valence-electron chi connectivity index (χ4n) is 3.32. The Morgan fingerprint density at radius 3 is 2.58 bits per heavy atom. The van der Waals surface area contributed by atoms with Crippen LogP contribution in [0.15, 0.2) is 23.9 Å². The van der Waals surface area contributed by atoms with Gasteiger partial charge in [-0.1, -0.05) is 6.07 Å². The smallest absolute Gasteiger partial charge is 0.338 e. The summed E-state index contributed by atoms with van der Waals surface area (Å²) in [5, 5.41) is 37.1. The maximum Gasteiger partial charge on any atom is 0.338 e. The molecule has 0 saturated carbocycles. The summed E-state index contributed by atoms with van der Waals surface area (Å²) in [5.74, 6) is -4.22. The Labute approximate surface area is 206 Å². The number of ether oxygens (including phenoxy) is 2. The van der Waals surface area contributed by atoms with Crippen LogP contribution < -0.4 is 46.8 Å². The summed E-state index contributed by atoms with van der Waals surface area (Å²) < 4.78 is 10.7. The number of nitrogens with one attached hydrogen (secondary N) is 3. The van der Waals surface area contributed by atoms with Gasteiger partial charge in [-0.25, -0.2) is 0 Å². The largest absolute Gasteiger partial charge is 0.550 e. The molecule has 1 aliphatic rings. The van der Waals surface area contributed by atoms with Crippen LogP contribution in [0.25, 0.3) is 6.08 Å². The summed E-state index contributed by atoms with van der Waals surface area (Å²) >= 11 is 0. The topological polar surface area (TPSA) is 243 Å². The molecule has 14 nitrogen and oxygen atoms in total. The minimum absolute atomic E-state index is 0.00897. The Balaban J connectivity index is 2.09. The van der Waals surface area contributed by atoms with Crippen molar-refractivity contribution in [3.05, 3.63) is 29.5 Å². The van der Waals surface area contributed by atoms with E-state index in [4.69, 9.17) is 20.9 Å². The zero-order chi connectivity index (χ0) is 26.9. The molecule has 2 rings (SSSR count). The molecule has 0 radical (unpaired) electrons. The van der Waals surface area contributed by atoms with Gasteiger partial charge in [0.1, 0.15) is 17.3 Å². The first-order valence-electron chi connectivity index (χ1n) is 10.8. The van der Waals surface area contributed by atoms with E-state index < -0.39 is 54.8 Å². The van der Waals surface area contributed by atoms with Crippen molar-refractivity contribution in [2.45, 2.75) is 37.3 Å². The third-order valence-corrected chi connectivity index (χ3v) is 5.21. The van der Waals surface area contributed by atoms with Crippen LogP contribution in [-0.2, 0) is 19.2 Å². The molecular weight excluding hydrogens is 478 g/mol. The van der Waals surface area contributed by atoms with Gasteiger partial charge in [-0.15, -0.1) is 0 Å². The van der Waals surface area contributed by atoms with Crippen LogP contribution in [0, 0.1) is 0 Å². The predicted octanol–water partition coefficient (Wildman–Crippen LogP) is -5.83. The molecule has 2 atom stereocenters. The summed E-state index contributed by atoms with van der Waals surface area (Å²) in [6.07, 6.45) is 0.512. The van der Waals surface area contributed by atoms with Gasteiger partial charge in [0, 0.05) is 18.8 Å². The van der Waals surface area contributed by atoms with Gasteiger partial charge in [0.2, 0.25) is 5.91 Å². The molecule has 196 valence electrons. The van der Waals surface area contributed by atoms with E-state index in [2.05, 4.69) is 15.6 Å². The molecule has 1 aromatic rings. The number of carbonyl (C=O) groups is 4. The SMILES string of the molecule is COc1ccc(/C=C2\NC(=O)[C@H](CCC[NH+]=C(N)N)NC2=O)cc1OCC[C@](O)(CC(=O)[O-])C(=O)[O-]. The van der Waals surface area contributed by atoms with Crippen molar-refractivity contribution in [2.24, 2.45) is 11.5 Å². The third-order valence-electron chi connectivity index (χ3n) is 5.21. The van der Waals surface area contributed by atoms with Crippen molar-refractivity contribution in [3.63, 3.8) is 0 Å². The number of aliphatic hydroxyl groups is 1. The Bertz CT molecular complexity index is 1070. The summed E-state index contributed by atoms with van der Waals surface area (Å²) in [7, 11) is 1.36. The number of aliphatic carboxylic acids is 2. The van der Waals surface area contributed by atoms with Crippen LogP contribution >= 0.6 is 0 Å². The normalized spacial score (nSPS) is 17.9. The number of nitrogens with two attached hydrogens (primary N) is 2. The van der Waals surface area contributed by atoms with Crippen LogP contribution in [0.2, 0.25) is 0 Å². The van der Waals surface area contributed by atoms with Crippen LogP contribution in [0.3, 0.4) is 0 Å². The summed E-state index contributed by atoms with van der Waals surface area (Å²) in [6, 6.07) is 3.81. The second-order valence-corrected chi connectivity index (χ2v) is 7.97. The average Bonchev–Trinajstić information content (AvgIpc) is 2.79. The predicted molar refractivity (Wildman–Crippen MR) is 119 cm³/mol. The minimum Gasteiger partial charge on any atom is -0.550 e. The Morgan fingerprint density at radius 1 is 1.25 bits per heavy atom. The molecule has 8 N–H and O–H groups in total. The van der Waals surface area contributed by atoms with E-state index >= 15 is 0 Å². The summed E-state index contributed by atoms with van der Waals surface area (Å²) in [4.78, 5) is 49.5. The van der Waals surface area contributed by atoms with E-state index in [1.807, 2.05) is 0 Å². The molecule has 1 fully saturated rings. The van der Waals surface area contributed by atoms with E-state index in [0.717, 1.165) is 0 Å².